The molecule has 1 aliphatic heterocycles. The summed E-state index contributed by atoms with van der Waals surface area (Å²) >= 11 is 0. The maximum absolute atomic E-state index is 11.1. The van der Waals surface area contributed by atoms with Crippen LogP contribution in [0, 0.1) is 0 Å². The number of carbonyl (C=O) groups excluding carboxylic acids is 2. The van der Waals surface area contributed by atoms with Crippen molar-refractivity contribution in [1.82, 2.24) is 23.5 Å². The van der Waals surface area contributed by atoms with E-state index in [1.54, 1.807) is 14.0 Å². The third kappa shape index (κ3) is 2.71. The molecule has 0 N–H and O–H groups in total. The number of hydrogen-bond donors (Lipinski definition) is 0. The van der Waals surface area contributed by atoms with Gasteiger partial charge < -0.3 is 4.90 Å². The van der Waals surface area contributed by atoms with Crippen molar-refractivity contribution in [2.45, 2.75) is 13.0 Å². The third-order valence-corrected chi connectivity index (χ3v) is 3.58. The van der Waals surface area contributed by atoms with Crippen LogP contribution < -0.4 is 17.1 Å². The molecule has 1 saturated heterocycles. The van der Waals surface area contributed by atoms with Gasteiger partial charge in [0, 0.05) is 35.2 Å². The number of urea groups is 1. The number of aromatic nitrogens is 3. The van der Waals surface area contributed by atoms with Crippen LogP contribution in [0.1, 0.15) is 6.92 Å². The van der Waals surface area contributed by atoms with E-state index in [4.69, 9.17) is 0 Å². The lowest BCUT2D eigenvalue weighted by Gasteiger charge is -2.09. The first-order valence-electron chi connectivity index (χ1n) is 6.39. The average Bonchev–Trinajstić information content (AvgIpc) is 2.67. The standard InChI is InChI=1S/C6H9N3O3.C6H10N2O2/c1-7-4(10)8(2)6(12)9(3)5(7)11;1-4-5(9)8(3)6(10)7(4)2/h1-3H3;4H,1-3H3. The minimum Gasteiger partial charge on any atom is -0.316 e. The van der Waals surface area contributed by atoms with Crippen LogP contribution in [0.25, 0.3) is 0 Å². The zero-order chi connectivity index (χ0) is 17.4. The molecule has 0 bridgehead atoms. The maximum Gasteiger partial charge on any atom is 0.335 e. The van der Waals surface area contributed by atoms with Gasteiger partial charge in [0.2, 0.25) is 0 Å². The molecular formula is C12H19N5O5. The second kappa shape index (κ2) is 6.00. The highest BCUT2D eigenvalue weighted by molar-refractivity contribution is 6.03. The highest BCUT2D eigenvalue weighted by Crippen LogP contribution is 2.11. The largest absolute Gasteiger partial charge is 0.335 e. The van der Waals surface area contributed by atoms with E-state index >= 15 is 0 Å². The highest BCUT2D eigenvalue weighted by Gasteiger charge is 2.37. The van der Waals surface area contributed by atoms with Crippen molar-refractivity contribution in [3.05, 3.63) is 31.5 Å². The van der Waals surface area contributed by atoms with Gasteiger partial charge in [0.25, 0.3) is 5.91 Å². The zero-order valence-electron chi connectivity index (χ0n) is 13.4. The van der Waals surface area contributed by atoms with Gasteiger partial charge in [-0.15, -0.1) is 0 Å². The van der Waals surface area contributed by atoms with E-state index in [-0.39, 0.29) is 18.0 Å². The first-order chi connectivity index (χ1) is 10.0. The van der Waals surface area contributed by atoms with Gasteiger partial charge in [0.15, 0.2) is 0 Å². The van der Waals surface area contributed by atoms with Crippen LogP contribution in [0.3, 0.4) is 0 Å². The fourth-order valence-corrected chi connectivity index (χ4v) is 1.86. The molecule has 2 rings (SSSR count). The molecule has 2 heterocycles. The van der Waals surface area contributed by atoms with Crippen molar-refractivity contribution in [2.75, 3.05) is 14.1 Å². The Bertz CT molecular complexity index is 665. The topological polar surface area (TPSA) is 107 Å². The van der Waals surface area contributed by atoms with Gasteiger partial charge in [-0.2, -0.15) is 0 Å². The minimum atomic E-state index is -0.608. The van der Waals surface area contributed by atoms with Gasteiger partial charge in [-0.25, -0.2) is 32.9 Å². The molecule has 0 radical (unpaired) electrons. The van der Waals surface area contributed by atoms with Gasteiger partial charge in [-0.3, -0.25) is 9.69 Å². The molecule has 0 spiro atoms. The van der Waals surface area contributed by atoms with Crippen LogP contribution in [0.2, 0.25) is 0 Å². The number of hydrogen-bond acceptors (Lipinski definition) is 5. The monoisotopic (exact) mass is 313 g/mol. The molecule has 1 fully saturated rings. The second-order valence-corrected chi connectivity index (χ2v) is 4.99. The van der Waals surface area contributed by atoms with Crippen molar-refractivity contribution in [3.63, 3.8) is 0 Å². The van der Waals surface area contributed by atoms with Crippen molar-refractivity contribution < 1.29 is 9.59 Å². The first kappa shape index (κ1) is 17.4. The van der Waals surface area contributed by atoms with Crippen molar-refractivity contribution in [1.29, 1.82) is 0 Å². The van der Waals surface area contributed by atoms with E-state index in [1.165, 1.54) is 33.1 Å². The summed E-state index contributed by atoms with van der Waals surface area (Å²) in [5.41, 5.74) is -1.82. The number of amides is 3. The lowest BCUT2D eigenvalue weighted by atomic mass is 10.3. The van der Waals surface area contributed by atoms with E-state index in [1.807, 2.05) is 0 Å². The summed E-state index contributed by atoms with van der Waals surface area (Å²) in [6, 6.07) is -0.519. The molecule has 0 saturated carbocycles. The lowest BCUT2D eigenvalue weighted by Crippen LogP contribution is -2.51. The van der Waals surface area contributed by atoms with E-state index in [2.05, 4.69) is 0 Å². The van der Waals surface area contributed by atoms with Gasteiger partial charge >= 0.3 is 23.1 Å². The Morgan fingerprint density at radius 3 is 1.14 bits per heavy atom. The fourth-order valence-electron chi connectivity index (χ4n) is 1.86. The van der Waals surface area contributed by atoms with Crippen molar-refractivity contribution in [3.8, 4) is 0 Å². The number of rotatable bonds is 0. The number of likely N-dealkylation sites (N-methyl/N-ethyl adjacent to an activating group) is 2. The Morgan fingerprint density at radius 2 is 1.00 bits per heavy atom. The molecule has 1 aliphatic rings. The molecule has 1 aromatic rings. The number of imide groups is 1. The van der Waals surface area contributed by atoms with Gasteiger partial charge in [-0.1, -0.05) is 0 Å². The SMILES string of the molecule is CC1C(=O)N(C)C(=O)N1C.Cn1c(=O)n(C)c(=O)n(C)c1=O. The Morgan fingerprint density at radius 1 is 0.682 bits per heavy atom. The predicted molar refractivity (Wildman–Crippen MR) is 77.6 cm³/mol. The molecule has 0 aliphatic carbocycles. The number of nitrogens with zero attached hydrogens (tertiary/aromatic N) is 5. The molecule has 0 aromatic carbocycles. The third-order valence-electron chi connectivity index (χ3n) is 3.58. The lowest BCUT2D eigenvalue weighted by molar-refractivity contribution is -0.126. The zero-order valence-corrected chi connectivity index (χ0v) is 13.4. The molecule has 10 nitrogen and oxygen atoms in total. The van der Waals surface area contributed by atoms with Crippen LogP contribution in [0.4, 0.5) is 4.79 Å². The molecule has 1 aromatic heterocycles. The average molecular weight is 313 g/mol. The second-order valence-electron chi connectivity index (χ2n) is 4.99. The van der Waals surface area contributed by atoms with Crippen LogP contribution in [0.5, 0.6) is 0 Å². The van der Waals surface area contributed by atoms with Crippen LogP contribution in [0.15, 0.2) is 14.4 Å². The Balaban J connectivity index is 0.000000224. The van der Waals surface area contributed by atoms with Gasteiger partial charge in [0.1, 0.15) is 6.04 Å². The number of carbonyl (C=O) groups is 2. The molecule has 1 unspecified atom stereocenters. The molecule has 1 atom stereocenters. The van der Waals surface area contributed by atoms with E-state index in [0.717, 1.165) is 18.6 Å². The smallest absolute Gasteiger partial charge is 0.316 e. The summed E-state index contributed by atoms with van der Waals surface area (Å²) in [4.78, 5) is 57.7. The summed E-state index contributed by atoms with van der Waals surface area (Å²) in [6.45, 7) is 1.71. The Kier molecular flexibility index (Phi) is 4.74. The van der Waals surface area contributed by atoms with Crippen molar-refractivity contribution >= 4 is 11.9 Å². The van der Waals surface area contributed by atoms with E-state index < -0.39 is 17.1 Å². The molecule has 22 heavy (non-hydrogen) atoms. The minimum absolute atomic E-state index is 0.132. The van der Waals surface area contributed by atoms with Crippen molar-refractivity contribution in [2.24, 2.45) is 21.1 Å². The van der Waals surface area contributed by atoms with Crippen LogP contribution in [-0.4, -0.2) is 55.6 Å². The summed E-state index contributed by atoms with van der Waals surface area (Å²) in [7, 11) is 7.08. The predicted octanol–water partition coefficient (Wildman–Crippen LogP) is -2.32. The van der Waals surface area contributed by atoms with Crippen LogP contribution >= 0.6 is 0 Å². The maximum atomic E-state index is 11.1. The Labute approximate surface area is 125 Å². The highest BCUT2D eigenvalue weighted by atomic mass is 16.2. The van der Waals surface area contributed by atoms with E-state index in [9.17, 15) is 24.0 Å². The molecular weight excluding hydrogens is 294 g/mol. The quantitative estimate of drug-likeness (QED) is 0.500. The normalized spacial score (nSPS) is 17.6. The molecule has 122 valence electrons. The molecule has 10 heteroatoms. The Hall–Kier alpha value is -2.65. The van der Waals surface area contributed by atoms with E-state index in [0.29, 0.717) is 0 Å². The fraction of sp³-hybridized carbons (Fsp3) is 0.583. The molecule has 3 amide bonds. The van der Waals surface area contributed by atoms with Gasteiger partial charge in [0.05, 0.1) is 0 Å². The first-order valence-corrected chi connectivity index (χ1v) is 6.39. The summed E-state index contributed by atoms with van der Waals surface area (Å²) in [5.74, 6) is -0.132. The summed E-state index contributed by atoms with van der Waals surface area (Å²) < 4.78 is 2.63. The van der Waals surface area contributed by atoms with Crippen LogP contribution in [-0.2, 0) is 25.9 Å². The summed E-state index contributed by atoms with van der Waals surface area (Å²) in [6.07, 6.45) is 0. The summed E-state index contributed by atoms with van der Waals surface area (Å²) in [5, 5.41) is 0. The van der Waals surface area contributed by atoms with Gasteiger partial charge in [-0.05, 0) is 6.92 Å².